The molecule has 5 heteroatoms. The maximum Gasteiger partial charge on any atom is 0.109 e. The van der Waals surface area contributed by atoms with Crippen molar-refractivity contribution in [2.24, 2.45) is 0 Å². The van der Waals surface area contributed by atoms with Crippen molar-refractivity contribution in [2.75, 3.05) is 12.4 Å². The van der Waals surface area contributed by atoms with Crippen molar-refractivity contribution in [3.63, 3.8) is 0 Å². The molecule has 0 fully saturated rings. The van der Waals surface area contributed by atoms with Crippen LogP contribution in [-0.4, -0.2) is 16.5 Å². The minimum absolute atomic E-state index is 0. The Morgan fingerprint density at radius 1 is 1.73 bits per heavy atom. The highest BCUT2D eigenvalue weighted by Crippen LogP contribution is 2.07. The van der Waals surface area contributed by atoms with Crippen LogP contribution in [0, 0.1) is 6.92 Å². The molecule has 1 aromatic heterocycles. The van der Waals surface area contributed by atoms with E-state index < -0.39 is 6.67 Å². The molecule has 0 spiro atoms. The number of aryl methyl sites for hydroxylation is 1. The summed E-state index contributed by atoms with van der Waals surface area (Å²) in [5, 5.41) is 3.86. The first-order valence-corrected chi connectivity index (χ1v) is 3.09. The molecule has 0 radical (unpaired) electrons. The van der Waals surface area contributed by atoms with E-state index in [0.29, 0.717) is 12.2 Å². The Kier molecular flexibility index (Phi) is 3.89. The summed E-state index contributed by atoms with van der Waals surface area (Å²) in [6, 6.07) is 0. The fraction of sp³-hybridized carbons (Fsp3) is 0.500. The van der Waals surface area contributed by atoms with Crippen LogP contribution in [0.3, 0.4) is 0 Å². The van der Waals surface area contributed by atoms with Crippen molar-refractivity contribution < 1.29 is 4.39 Å². The van der Waals surface area contributed by atoms with Crippen molar-refractivity contribution in [3.05, 3.63) is 11.9 Å². The van der Waals surface area contributed by atoms with E-state index >= 15 is 0 Å². The molecule has 0 bridgehead atoms. The molecule has 0 saturated carbocycles. The van der Waals surface area contributed by atoms with Crippen molar-refractivity contribution in [1.29, 1.82) is 0 Å². The van der Waals surface area contributed by atoms with Gasteiger partial charge in [0.1, 0.15) is 6.67 Å². The molecule has 0 atom stereocenters. The Morgan fingerprint density at radius 3 is 2.73 bits per heavy atom. The Morgan fingerprint density at radius 2 is 2.36 bits per heavy atom. The minimum atomic E-state index is -0.401. The van der Waals surface area contributed by atoms with Gasteiger partial charge in [0.05, 0.1) is 24.1 Å². The van der Waals surface area contributed by atoms with Gasteiger partial charge in [0.15, 0.2) is 0 Å². The lowest BCUT2D eigenvalue weighted by Gasteiger charge is -1.98. The summed E-state index contributed by atoms with van der Waals surface area (Å²) in [7, 11) is 0. The van der Waals surface area contributed by atoms with Gasteiger partial charge in [-0.1, -0.05) is 0 Å². The van der Waals surface area contributed by atoms with E-state index in [-0.39, 0.29) is 12.4 Å². The van der Waals surface area contributed by atoms with E-state index in [1.165, 1.54) is 6.20 Å². The number of hydrogen-bond acceptors (Lipinski definition) is 2. The SMILES string of the molecule is Cc1c(N)cnn1CCF.Cl. The second-order valence-electron chi connectivity index (χ2n) is 2.10. The minimum Gasteiger partial charge on any atom is -0.396 e. The van der Waals surface area contributed by atoms with E-state index in [4.69, 9.17) is 5.73 Å². The normalized spacial score (nSPS) is 9.27. The van der Waals surface area contributed by atoms with Crippen LogP contribution >= 0.6 is 12.4 Å². The van der Waals surface area contributed by atoms with Crippen molar-refractivity contribution in [1.82, 2.24) is 9.78 Å². The number of halogens is 2. The monoisotopic (exact) mass is 179 g/mol. The smallest absolute Gasteiger partial charge is 0.109 e. The van der Waals surface area contributed by atoms with Crippen LogP contribution in [0.4, 0.5) is 10.1 Å². The van der Waals surface area contributed by atoms with Gasteiger partial charge in [0.25, 0.3) is 0 Å². The fourth-order valence-electron chi connectivity index (χ4n) is 0.766. The largest absolute Gasteiger partial charge is 0.396 e. The van der Waals surface area contributed by atoms with Gasteiger partial charge in [-0.05, 0) is 6.92 Å². The van der Waals surface area contributed by atoms with Crippen LogP contribution in [-0.2, 0) is 6.54 Å². The maximum absolute atomic E-state index is 11.8. The predicted molar refractivity (Wildman–Crippen MR) is 44.6 cm³/mol. The van der Waals surface area contributed by atoms with Gasteiger partial charge < -0.3 is 5.73 Å². The average molecular weight is 180 g/mol. The lowest BCUT2D eigenvalue weighted by Crippen LogP contribution is -2.03. The standard InChI is InChI=1S/C6H10FN3.ClH/c1-5-6(8)4-9-10(5)3-2-7;/h4H,2-3,8H2,1H3;1H. The average Bonchev–Trinajstić information content (AvgIpc) is 2.20. The second kappa shape index (κ2) is 4.18. The molecule has 0 aliphatic carbocycles. The summed E-state index contributed by atoms with van der Waals surface area (Å²) in [4.78, 5) is 0. The summed E-state index contributed by atoms with van der Waals surface area (Å²) in [6.07, 6.45) is 1.53. The third kappa shape index (κ3) is 2.08. The van der Waals surface area contributed by atoms with Crippen LogP contribution < -0.4 is 5.73 Å². The van der Waals surface area contributed by atoms with Crippen LogP contribution in [0.15, 0.2) is 6.20 Å². The fourth-order valence-corrected chi connectivity index (χ4v) is 0.766. The highest BCUT2D eigenvalue weighted by Gasteiger charge is 2.00. The molecule has 0 amide bonds. The quantitative estimate of drug-likeness (QED) is 0.741. The molecule has 3 nitrogen and oxygen atoms in total. The van der Waals surface area contributed by atoms with E-state index in [1.807, 2.05) is 6.92 Å². The van der Waals surface area contributed by atoms with Crippen LogP contribution in [0.2, 0.25) is 0 Å². The zero-order valence-electron chi connectivity index (χ0n) is 6.25. The molecule has 0 unspecified atom stereocenters. The molecule has 0 aliphatic rings. The Hall–Kier alpha value is -0.770. The number of aromatic nitrogens is 2. The van der Waals surface area contributed by atoms with Gasteiger partial charge in [-0.15, -0.1) is 12.4 Å². The van der Waals surface area contributed by atoms with Crippen LogP contribution in [0.5, 0.6) is 0 Å². The third-order valence-corrected chi connectivity index (χ3v) is 1.44. The molecule has 0 aromatic carbocycles. The topological polar surface area (TPSA) is 43.8 Å². The Labute approximate surface area is 70.8 Å². The lowest BCUT2D eigenvalue weighted by molar-refractivity contribution is 0.423. The van der Waals surface area contributed by atoms with E-state index in [2.05, 4.69) is 5.10 Å². The van der Waals surface area contributed by atoms with Gasteiger partial charge in [0.2, 0.25) is 0 Å². The van der Waals surface area contributed by atoms with Crippen LogP contribution in [0.1, 0.15) is 5.69 Å². The summed E-state index contributed by atoms with van der Waals surface area (Å²) in [5.74, 6) is 0. The van der Waals surface area contributed by atoms with Gasteiger partial charge in [-0.25, -0.2) is 4.39 Å². The first kappa shape index (κ1) is 10.2. The molecule has 1 heterocycles. The lowest BCUT2D eigenvalue weighted by atomic mass is 10.4. The van der Waals surface area contributed by atoms with Gasteiger partial charge in [-0.2, -0.15) is 5.10 Å². The zero-order valence-corrected chi connectivity index (χ0v) is 7.07. The highest BCUT2D eigenvalue weighted by molar-refractivity contribution is 5.85. The van der Waals surface area contributed by atoms with E-state index in [0.717, 1.165) is 5.69 Å². The number of alkyl halides is 1. The highest BCUT2D eigenvalue weighted by atomic mass is 35.5. The number of nitrogens with two attached hydrogens (primary N) is 1. The molecular weight excluding hydrogens is 169 g/mol. The number of nitrogen functional groups attached to an aromatic ring is 1. The van der Waals surface area contributed by atoms with Crippen molar-refractivity contribution >= 4 is 18.1 Å². The van der Waals surface area contributed by atoms with E-state index in [1.54, 1.807) is 4.68 Å². The second-order valence-corrected chi connectivity index (χ2v) is 2.10. The molecule has 11 heavy (non-hydrogen) atoms. The van der Waals surface area contributed by atoms with Gasteiger partial charge in [0, 0.05) is 0 Å². The van der Waals surface area contributed by atoms with Gasteiger partial charge >= 0.3 is 0 Å². The Bertz CT molecular complexity index is 224. The van der Waals surface area contributed by atoms with Gasteiger partial charge in [-0.3, -0.25) is 4.68 Å². The molecule has 0 saturated heterocycles. The number of nitrogens with zero attached hydrogens (tertiary/aromatic N) is 2. The predicted octanol–water partition coefficient (Wildman–Crippen LogP) is 1.17. The zero-order chi connectivity index (χ0) is 7.56. The summed E-state index contributed by atoms with van der Waals surface area (Å²) in [5.41, 5.74) is 6.92. The number of hydrogen-bond donors (Lipinski definition) is 1. The molecule has 64 valence electrons. The molecule has 1 rings (SSSR count). The molecular formula is C6H11ClFN3. The first-order chi connectivity index (χ1) is 4.75. The summed E-state index contributed by atoms with van der Waals surface area (Å²) >= 11 is 0. The summed E-state index contributed by atoms with van der Waals surface area (Å²) in [6.45, 7) is 1.71. The number of anilines is 1. The molecule has 2 N–H and O–H groups in total. The third-order valence-electron chi connectivity index (χ3n) is 1.44. The van der Waals surface area contributed by atoms with Crippen molar-refractivity contribution in [3.8, 4) is 0 Å². The van der Waals surface area contributed by atoms with Crippen molar-refractivity contribution in [2.45, 2.75) is 13.5 Å². The molecule has 1 aromatic rings. The summed E-state index contributed by atoms with van der Waals surface area (Å²) < 4.78 is 13.3. The molecule has 0 aliphatic heterocycles. The van der Waals surface area contributed by atoms with E-state index in [9.17, 15) is 4.39 Å². The Balaban J connectivity index is 0.000001000. The first-order valence-electron chi connectivity index (χ1n) is 3.09. The maximum atomic E-state index is 11.8. The van der Waals surface area contributed by atoms with Crippen LogP contribution in [0.25, 0.3) is 0 Å². The number of rotatable bonds is 2.